The van der Waals surface area contributed by atoms with Gasteiger partial charge in [0.1, 0.15) is 28.7 Å². The van der Waals surface area contributed by atoms with Gasteiger partial charge in [-0.05, 0) is 77.3 Å². The standard InChI is InChI=1S/C30H40FN5O5/c1-10-12-19(5)40-24-16-23(36-29(39)35(9)25(11-2)34-36)22(31)15-21(24)27(37)33-26-17(3)13-20(14-18(26)4)32-28(38)41-30(6,7)8/h13-16,19H,10-12H2,1-9H3,(H,32,38)(H,33,37)/t19-/m0/s1. The summed E-state index contributed by atoms with van der Waals surface area (Å²) >= 11 is 0. The van der Waals surface area contributed by atoms with Crippen LogP contribution in [-0.2, 0) is 18.2 Å². The molecule has 0 aliphatic rings. The smallest absolute Gasteiger partial charge is 0.412 e. The minimum absolute atomic E-state index is 0.0244. The summed E-state index contributed by atoms with van der Waals surface area (Å²) in [5, 5.41) is 9.82. The first kappa shape index (κ1) is 31.4. The summed E-state index contributed by atoms with van der Waals surface area (Å²) in [4.78, 5) is 38.5. The van der Waals surface area contributed by atoms with E-state index in [1.807, 2.05) is 20.8 Å². The van der Waals surface area contributed by atoms with E-state index in [0.29, 0.717) is 41.2 Å². The third-order valence-electron chi connectivity index (χ3n) is 6.35. The third kappa shape index (κ3) is 7.53. The van der Waals surface area contributed by atoms with Gasteiger partial charge in [0.2, 0.25) is 0 Å². The summed E-state index contributed by atoms with van der Waals surface area (Å²) in [6.45, 7) is 14.6. The average Bonchev–Trinajstić information content (AvgIpc) is 3.14. The van der Waals surface area contributed by atoms with E-state index in [2.05, 4.69) is 15.7 Å². The summed E-state index contributed by atoms with van der Waals surface area (Å²) < 4.78 is 29.2. The van der Waals surface area contributed by atoms with Crippen molar-refractivity contribution < 1.29 is 23.5 Å². The van der Waals surface area contributed by atoms with E-state index < -0.39 is 29.1 Å². The molecule has 0 aliphatic carbocycles. The number of carbonyl (C=O) groups excluding carboxylic acids is 2. The molecule has 0 fully saturated rings. The quantitative estimate of drug-likeness (QED) is 0.324. The molecule has 10 nitrogen and oxygen atoms in total. The molecule has 0 bridgehead atoms. The molecule has 0 saturated carbocycles. The molecular formula is C30H40FN5O5. The van der Waals surface area contributed by atoms with E-state index in [9.17, 15) is 14.4 Å². The topological polar surface area (TPSA) is 116 Å². The lowest BCUT2D eigenvalue weighted by Crippen LogP contribution is -2.27. The van der Waals surface area contributed by atoms with Crippen LogP contribution in [-0.4, -0.2) is 38.1 Å². The van der Waals surface area contributed by atoms with Crippen LogP contribution in [0.1, 0.15) is 81.7 Å². The zero-order valence-corrected chi connectivity index (χ0v) is 25.3. The zero-order valence-electron chi connectivity index (χ0n) is 25.3. The molecule has 1 aromatic heterocycles. The fraction of sp³-hybridized carbons (Fsp3) is 0.467. The number of halogens is 1. The van der Waals surface area contributed by atoms with Crippen LogP contribution in [0.25, 0.3) is 5.69 Å². The van der Waals surface area contributed by atoms with Crippen molar-refractivity contribution in [2.45, 2.75) is 86.4 Å². The summed E-state index contributed by atoms with van der Waals surface area (Å²) in [6, 6.07) is 5.82. The molecule has 11 heteroatoms. The Kier molecular flexibility index (Phi) is 9.62. The number of amides is 2. The van der Waals surface area contributed by atoms with Gasteiger partial charge in [-0.1, -0.05) is 20.3 Å². The van der Waals surface area contributed by atoms with Crippen LogP contribution in [0, 0.1) is 19.7 Å². The highest BCUT2D eigenvalue weighted by Crippen LogP contribution is 2.30. The van der Waals surface area contributed by atoms with Crippen molar-refractivity contribution in [3.63, 3.8) is 0 Å². The van der Waals surface area contributed by atoms with Crippen LogP contribution in [0.3, 0.4) is 0 Å². The van der Waals surface area contributed by atoms with Crippen LogP contribution in [0.4, 0.5) is 20.6 Å². The maximum absolute atomic E-state index is 15.5. The lowest BCUT2D eigenvalue weighted by molar-refractivity contribution is 0.0635. The van der Waals surface area contributed by atoms with Crippen molar-refractivity contribution in [1.82, 2.24) is 14.3 Å². The van der Waals surface area contributed by atoms with Gasteiger partial charge >= 0.3 is 11.8 Å². The Morgan fingerprint density at radius 3 is 2.24 bits per heavy atom. The number of hydrogen-bond donors (Lipinski definition) is 2. The normalized spacial score (nSPS) is 12.1. The monoisotopic (exact) mass is 569 g/mol. The molecule has 0 spiro atoms. The minimum atomic E-state index is -0.793. The van der Waals surface area contributed by atoms with Gasteiger partial charge in [0, 0.05) is 30.9 Å². The predicted octanol–water partition coefficient (Wildman–Crippen LogP) is 6.06. The van der Waals surface area contributed by atoms with Crippen LogP contribution in [0.5, 0.6) is 5.75 Å². The van der Waals surface area contributed by atoms with Crippen molar-refractivity contribution in [3.8, 4) is 11.4 Å². The summed E-state index contributed by atoms with van der Waals surface area (Å²) in [5.74, 6) is -0.753. The number of rotatable bonds is 9. The molecule has 0 aliphatic heterocycles. The van der Waals surface area contributed by atoms with Gasteiger partial charge in [-0.2, -0.15) is 4.68 Å². The second-order valence-corrected chi connectivity index (χ2v) is 11.1. The first-order valence-electron chi connectivity index (χ1n) is 13.7. The van der Waals surface area contributed by atoms with Gasteiger partial charge in [0.15, 0.2) is 0 Å². The summed E-state index contributed by atoms with van der Waals surface area (Å²) in [7, 11) is 1.57. The Balaban J connectivity index is 1.99. The molecule has 2 N–H and O–H groups in total. The van der Waals surface area contributed by atoms with Gasteiger partial charge in [0.25, 0.3) is 5.91 Å². The molecule has 222 valence electrons. The Bertz CT molecular complexity index is 1480. The third-order valence-corrected chi connectivity index (χ3v) is 6.35. The number of aromatic nitrogens is 3. The maximum atomic E-state index is 15.5. The summed E-state index contributed by atoms with van der Waals surface area (Å²) in [6.07, 6.45) is 1.19. The highest BCUT2D eigenvalue weighted by Gasteiger charge is 2.23. The predicted molar refractivity (Wildman–Crippen MR) is 157 cm³/mol. The lowest BCUT2D eigenvalue weighted by Gasteiger charge is -2.21. The second kappa shape index (κ2) is 12.6. The van der Waals surface area contributed by atoms with Gasteiger partial charge in [0.05, 0.1) is 11.7 Å². The van der Waals surface area contributed by atoms with Crippen molar-refractivity contribution in [2.75, 3.05) is 10.6 Å². The van der Waals surface area contributed by atoms with Crippen LogP contribution in [0.15, 0.2) is 29.1 Å². The highest BCUT2D eigenvalue weighted by atomic mass is 19.1. The number of nitrogens with zero attached hydrogens (tertiary/aromatic N) is 3. The van der Waals surface area contributed by atoms with E-state index in [1.54, 1.807) is 53.8 Å². The number of hydrogen-bond acceptors (Lipinski definition) is 6. The van der Waals surface area contributed by atoms with Crippen molar-refractivity contribution in [3.05, 3.63) is 63.1 Å². The first-order chi connectivity index (χ1) is 19.1. The van der Waals surface area contributed by atoms with E-state index in [0.717, 1.165) is 17.2 Å². The largest absolute Gasteiger partial charge is 0.490 e. The van der Waals surface area contributed by atoms with Crippen LogP contribution < -0.4 is 21.1 Å². The number of anilines is 2. The van der Waals surface area contributed by atoms with Gasteiger partial charge in [-0.25, -0.2) is 14.0 Å². The van der Waals surface area contributed by atoms with E-state index in [-0.39, 0.29) is 23.1 Å². The second-order valence-electron chi connectivity index (χ2n) is 11.1. The molecule has 0 saturated heterocycles. The molecular weight excluding hydrogens is 529 g/mol. The SMILES string of the molecule is CCC[C@H](C)Oc1cc(-n2nc(CC)n(C)c2=O)c(F)cc1C(=O)Nc1c(C)cc(NC(=O)OC(C)(C)C)cc1C. The molecule has 1 atom stereocenters. The molecule has 0 unspecified atom stereocenters. The van der Waals surface area contributed by atoms with E-state index in [4.69, 9.17) is 9.47 Å². The van der Waals surface area contributed by atoms with E-state index in [1.165, 1.54) is 10.6 Å². The Morgan fingerprint density at radius 1 is 1.07 bits per heavy atom. The maximum Gasteiger partial charge on any atom is 0.412 e. The van der Waals surface area contributed by atoms with Crippen LogP contribution in [0.2, 0.25) is 0 Å². The number of ether oxygens (including phenoxy) is 2. The molecule has 1 heterocycles. The number of aryl methyl sites for hydroxylation is 3. The number of benzene rings is 2. The molecule has 2 aromatic carbocycles. The first-order valence-corrected chi connectivity index (χ1v) is 13.7. The lowest BCUT2D eigenvalue weighted by atomic mass is 10.1. The molecule has 0 radical (unpaired) electrons. The van der Waals surface area contributed by atoms with E-state index >= 15 is 4.39 Å². The Hall–Kier alpha value is -4.15. The average molecular weight is 570 g/mol. The fourth-order valence-corrected chi connectivity index (χ4v) is 4.44. The van der Waals surface area contributed by atoms with Gasteiger partial charge < -0.3 is 14.8 Å². The molecule has 2 amide bonds. The van der Waals surface area contributed by atoms with Crippen molar-refractivity contribution in [1.29, 1.82) is 0 Å². The van der Waals surface area contributed by atoms with Crippen molar-refractivity contribution in [2.24, 2.45) is 7.05 Å². The van der Waals surface area contributed by atoms with Crippen molar-refractivity contribution >= 4 is 23.4 Å². The number of nitrogens with one attached hydrogen (secondary N) is 2. The van der Waals surface area contributed by atoms with Gasteiger partial charge in [-0.3, -0.25) is 14.7 Å². The Morgan fingerprint density at radius 2 is 1.71 bits per heavy atom. The zero-order chi connectivity index (χ0) is 30.6. The molecule has 3 aromatic rings. The minimum Gasteiger partial charge on any atom is -0.490 e. The Labute approximate surface area is 239 Å². The highest BCUT2D eigenvalue weighted by molar-refractivity contribution is 6.07. The molecule has 3 rings (SSSR count). The van der Waals surface area contributed by atoms with Crippen LogP contribution >= 0.6 is 0 Å². The number of carbonyl (C=O) groups is 2. The summed E-state index contributed by atoms with van der Waals surface area (Å²) in [5.41, 5.74) is 1.09. The van der Waals surface area contributed by atoms with Gasteiger partial charge in [-0.15, -0.1) is 5.10 Å². The molecule has 41 heavy (non-hydrogen) atoms. The fourth-order valence-electron chi connectivity index (χ4n) is 4.44.